The molecule has 3 heterocycles. The number of amides is 1. The van der Waals surface area contributed by atoms with Crippen LogP contribution in [0.3, 0.4) is 0 Å². The minimum atomic E-state index is -0.136. The van der Waals surface area contributed by atoms with Gasteiger partial charge in [-0.15, -0.1) is 0 Å². The maximum absolute atomic E-state index is 12.4. The molecule has 1 unspecified atom stereocenters. The van der Waals surface area contributed by atoms with Crippen LogP contribution in [0.1, 0.15) is 69.6 Å². The van der Waals surface area contributed by atoms with Gasteiger partial charge < -0.3 is 16.0 Å². The van der Waals surface area contributed by atoms with E-state index < -0.39 is 0 Å². The highest BCUT2D eigenvalue weighted by molar-refractivity contribution is 6.01. The van der Waals surface area contributed by atoms with E-state index in [1.54, 1.807) is 6.20 Å². The Kier molecular flexibility index (Phi) is 4.80. The number of rotatable bonds is 4. The summed E-state index contributed by atoms with van der Waals surface area (Å²) in [7, 11) is 0. The van der Waals surface area contributed by atoms with E-state index in [4.69, 9.17) is 15.7 Å². The van der Waals surface area contributed by atoms with Gasteiger partial charge in [-0.2, -0.15) is 0 Å². The summed E-state index contributed by atoms with van der Waals surface area (Å²) >= 11 is 0. The monoisotopic (exact) mass is 354 g/mol. The van der Waals surface area contributed by atoms with Crippen molar-refractivity contribution in [1.29, 1.82) is 0 Å². The first-order valence-corrected chi connectivity index (χ1v) is 8.98. The van der Waals surface area contributed by atoms with Gasteiger partial charge in [0.2, 0.25) is 5.91 Å². The summed E-state index contributed by atoms with van der Waals surface area (Å²) in [4.78, 5) is 28.1. The number of carbonyl (C=O) groups is 1. The summed E-state index contributed by atoms with van der Waals surface area (Å²) in [5.74, 6) is 2.28. The Morgan fingerprint density at radius 2 is 1.88 bits per heavy atom. The minimum absolute atomic E-state index is 0.0744. The summed E-state index contributed by atoms with van der Waals surface area (Å²) < 4.78 is 0. The highest BCUT2D eigenvalue weighted by Gasteiger charge is 2.32. The Hall–Kier alpha value is -2.70. The van der Waals surface area contributed by atoms with E-state index in [0.29, 0.717) is 11.5 Å². The van der Waals surface area contributed by atoms with Gasteiger partial charge in [0.05, 0.1) is 18.3 Å². The Bertz CT molecular complexity index is 833. The molecule has 2 aromatic heterocycles. The molecule has 1 aliphatic heterocycles. The largest absolute Gasteiger partial charge is 0.383 e. The second-order valence-corrected chi connectivity index (χ2v) is 7.30. The van der Waals surface area contributed by atoms with Crippen molar-refractivity contribution in [2.75, 3.05) is 22.5 Å². The molecule has 7 nitrogen and oxygen atoms in total. The van der Waals surface area contributed by atoms with Gasteiger partial charge in [0.15, 0.2) is 5.82 Å². The average molecular weight is 354 g/mol. The van der Waals surface area contributed by atoms with Crippen molar-refractivity contribution >= 4 is 23.2 Å². The number of hydrogen-bond donors (Lipinski definition) is 2. The molecule has 1 amide bonds. The Morgan fingerprint density at radius 3 is 2.50 bits per heavy atom. The molecule has 138 valence electrons. The number of nitrogens with one attached hydrogen (secondary N) is 1. The fourth-order valence-electron chi connectivity index (χ4n) is 3.17. The second-order valence-electron chi connectivity index (χ2n) is 7.30. The summed E-state index contributed by atoms with van der Waals surface area (Å²) in [5.41, 5.74) is 8.51. The zero-order valence-corrected chi connectivity index (χ0v) is 15.9. The molecule has 2 aromatic rings. The molecule has 3 N–H and O–H groups in total. The van der Waals surface area contributed by atoms with Gasteiger partial charge in [-0.25, -0.2) is 15.0 Å². The molecule has 7 heteroatoms. The number of nitrogens with two attached hydrogens (primary N) is 1. The van der Waals surface area contributed by atoms with Crippen molar-refractivity contribution in [1.82, 2.24) is 15.0 Å². The number of fused-ring (bicyclic) bond motifs is 1. The molecular weight excluding hydrogens is 328 g/mol. The molecule has 0 radical (unpaired) electrons. The van der Waals surface area contributed by atoms with Gasteiger partial charge in [-0.3, -0.25) is 4.79 Å². The van der Waals surface area contributed by atoms with Crippen LogP contribution < -0.4 is 16.0 Å². The molecule has 1 atom stereocenters. The van der Waals surface area contributed by atoms with Gasteiger partial charge in [0.1, 0.15) is 17.3 Å². The molecular formula is C19H26N6O. The first-order valence-electron chi connectivity index (χ1n) is 8.98. The van der Waals surface area contributed by atoms with Crippen molar-refractivity contribution in [2.45, 2.75) is 52.5 Å². The van der Waals surface area contributed by atoms with E-state index >= 15 is 0 Å². The number of nitrogens with zero attached hydrogens (tertiary/aromatic N) is 4. The number of nitrogen functional groups attached to an aromatic ring is 1. The fraction of sp³-hybridized carbons (Fsp3) is 0.474. The Labute approximate surface area is 154 Å². The molecule has 0 bridgehead atoms. The van der Waals surface area contributed by atoms with Crippen molar-refractivity contribution in [2.24, 2.45) is 0 Å². The number of anilines is 3. The van der Waals surface area contributed by atoms with Gasteiger partial charge in [0, 0.05) is 17.7 Å². The zero-order valence-electron chi connectivity index (χ0n) is 15.9. The van der Waals surface area contributed by atoms with Crippen LogP contribution in [0, 0.1) is 0 Å². The van der Waals surface area contributed by atoms with Gasteiger partial charge in [-0.1, -0.05) is 33.8 Å². The standard InChI is InChI=1S/C19H26N6O/c1-10(2)15-16-19(24-18(23-15)11(3)4)25(9-14(26)22-16)12(5)13-7-6-8-21-17(13)20/h6-8,10-12H,9H2,1-5H3,(H2,20,21)(H,22,26). The fourth-order valence-corrected chi connectivity index (χ4v) is 3.17. The molecule has 1 aliphatic rings. The minimum Gasteiger partial charge on any atom is -0.383 e. The highest BCUT2D eigenvalue weighted by atomic mass is 16.2. The van der Waals surface area contributed by atoms with Crippen LogP contribution in [-0.2, 0) is 4.79 Å². The smallest absolute Gasteiger partial charge is 0.244 e. The highest BCUT2D eigenvalue weighted by Crippen LogP contribution is 2.39. The lowest BCUT2D eigenvalue weighted by molar-refractivity contribution is -0.115. The molecule has 3 rings (SSSR count). The predicted octanol–water partition coefficient (Wildman–Crippen LogP) is 3.22. The number of carbonyl (C=O) groups excluding carboxylic acids is 1. The quantitative estimate of drug-likeness (QED) is 0.875. The third-order valence-corrected chi connectivity index (χ3v) is 4.64. The molecule has 0 saturated carbocycles. The maximum Gasteiger partial charge on any atom is 0.244 e. The third kappa shape index (κ3) is 3.21. The maximum atomic E-state index is 12.4. The zero-order chi connectivity index (χ0) is 19.0. The SMILES string of the molecule is CC(C)c1nc(C(C)C)c2c(n1)N(C(C)c1cccnc1N)CC(=O)N2. The molecule has 0 aliphatic carbocycles. The first kappa shape index (κ1) is 18.1. The molecule has 0 aromatic carbocycles. The van der Waals surface area contributed by atoms with Gasteiger partial charge in [0.25, 0.3) is 0 Å². The number of aromatic nitrogens is 3. The van der Waals surface area contributed by atoms with Crippen molar-refractivity contribution < 1.29 is 4.79 Å². The Balaban J connectivity index is 2.16. The molecule has 0 fully saturated rings. The van der Waals surface area contributed by atoms with Crippen molar-refractivity contribution in [3.8, 4) is 0 Å². The molecule has 0 spiro atoms. The number of pyridine rings is 1. The average Bonchev–Trinajstić information content (AvgIpc) is 2.59. The van der Waals surface area contributed by atoms with E-state index in [9.17, 15) is 4.79 Å². The topological polar surface area (TPSA) is 97.0 Å². The van der Waals surface area contributed by atoms with Gasteiger partial charge >= 0.3 is 0 Å². The van der Waals surface area contributed by atoms with E-state index in [1.807, 2.05) is 24.0 Å². The summed E-state index contributed by atoms with van der Waals surface area (Å²) in [5, 5.41) is 2.97. The first-order chi connectivity index (χ1) is 12.3. The van der Waals surface area contributed by atoms with Crippen LogP contribution in [0.4, 0.5) is 17.3 Å². The predicted molar refractivity (Wildman–Crippen MR) is 103 cm³/mol. The summed E-state index contributed by atoms with van der Waals surface area (Å²) in [6.45, 7) is 10.5. The summed E-state index contributed by atoms with van der Waals surface area (Å²) in [6, 6.07) is 3.66. The van der Waals surface area contributed by atoms with Crippen LogP contribution >= 0.6 is 0 Å². The lowest BCUT2D eigenvalue weighted by atomic mass is 10.0. The van der Waals surface area contributed by atoms with E-state index in [1.165, 1.54) is 0 Å². The summed E-state index contributed by atoms with van der Waals surface area (Å²) in [6.07, 6.45) is 1.66. The van der Waals surface area contributed by atoms with Crippen LogP contribution in [0.2, 0.25) is 0 Å². The lowest BCUT2D eigenvalue weighted by Crippen LogP contribution is -2.41. The molecule has 0 saturated heterocycles. The van der Waals surface area contributed by atoms with Crippen molar-refractivity contribution in [3.63, 3.8) is 0 Å². The Morgan fingerprint density at radius 1 is 1.15 bits per heavy atom. The van der Waals surface area contributed by atoms with E-state index in [0.717, 1.165) is 22.9 Å². The van der Waals surface area contributed by atoms with E-state index in [-0.39, 0.29) is 30.3 Å². The van der Waals surface area contributed by atoms with Gasteiger partial charge in [-0.05, 0) is 18.9 Å². The molecule has 26 heavy (non-hydrogen) atoms. The van der Waals surface area contributed by atoms with Crippen molar-refractivity contribution in [3.05, 3.63) is 35.4 Å². The normalized spacial score (nSPS) is 15.2. The van der Waals surface area contributed by atoms with Crippen LogP contribution in [0.5, 0.6) is 0 Å². The lowest BCUT2D eigenvalue weighted by Gasteiger charge is -2.36. The van der Waals surface area contributed by atoms with Crippen LogP contribution in [0.15, 0.2) is 18.3 Å². The third-order valence-electron chi connectivity index (χ3n) is 4.64. The second kappa shape index (κ2) is 6.90. The van der Waals surface area contributed by atoms with E-state index in [2.05, 4.69) is 38.0 Å². The van der Waals surface area contributed by atoms with Crippen LogP contribution in [-0.4, -0.2) is 27.4 Å². The number of hydrogen-bond acceptors (Lipinski definition) is 6. The van der Waals surface area contributed by atoms with Crippen LogP contribution in [0.25, 0.3) is 0 Å².